The van der Waals surface area contributed by atoms with E-state index in [9.17, 15) is 8.42 Å². The van der Waals surface area contributed by atoms with Gasteiger partial charge >= 0.3 is 0 Å². The molecule has 1 N–H and O–H groups in total. The maximum atomic E-state index is 11.8. The number of hydrogen-bond acceptors (Lipinski definition) is 4. The van der Waals surface area contributed by atoms with Crippen molar-refractivity contribution >= 4 is 21.6 Å². The van der Waals surface area contributed by atoms with Gasteiger partial charge in [-0.1, -0.05) is 19.1 Å². The van der Waals surface area contributed by atoms with Gasteiger partial charge in [-0.15, -0.1) is 11.8 Å². The number of rotatable bonds is 6. The highest BCUT2D eigenvalue weighted by Crippen LogP contribution is 2.27. The van der Waals surface area contributed by atoms with Crippen LogP contribution in [-0.2, 0) is 9.84 Å². The van der Waals surface area contributed by atoms with Crippen LogP contribution in [0.1, 0.15) is 13.3 Å². The third kappa shape index (κ3) is 3.50. The lowest BCUT2D eigenvalue weighted by Crippen LogP contribution is -2.05. The molecule has 0 aromatic heterocycles. The minimum absolute atomic E-state index is 0.116. The van der Waals surface area contributed by atoms with E-state index in [2.05, 4.69) is 0 Å². The van der Waals surface area contributed by atoms with E-state index in [0.717, 1.165) is 10.6 Å². The van der Waals surface area contributed by atoms with Gasteiger partial charge in [-0.25, -0.2) is 8.42 Å². The number of sulfone groups is 1. The highest BCUT2D eigenvalue weighted by atomic mass is 32.2. The standard InChI is InChI=1S/C11H16O3S2/c1-2-16(13,14)11-7-4-3-6-10(11)15-9-5-8-12/h3-4,6-7,12H,2,5,8-9H2,1H3. The number of hydrogen-bond donors (Lipinski definition) is 1. The maximum absolute atomic E-state index is 11.8. The summed E-state index contributed by atoms with van der Waals surface area (Å²) in [5.41, 5.74) is 0. The number of aliphatic hydroxyl groups is 1. The lowest BCUT2D eigenvalue weighted by molar-refractivity contribution is 0.296. The predicted octanol–water partition coefficient (Wildman–Crippen LogP) is 1.95. The third-order valence-corrected chi connectivity index (χ3v) is 5.20. The molecule has 0 spiro atoms. The summed E-state index contributed by atoms with van der Waals surface area (Å²) in [7, 11) is -3.15. The van der Waals surface area contributed by atoms with Crippen molar-refractivity contribution in [2.24, 2.45) is 0 Å². The van der Waals surface area contributed by atoms with Crippen molar-refractivity contribution < 1.29 is 13.5 Å². The van der Waals surface area contributed by atoms with Crippen LogP contribution in [0.2, 0.25) is 0 Å². The summed E-state index contributed by atoms with van der Waals surface area (Å²) >= 11 is 1.47. The number of benzene rings is 1. The van der Waals surface area contributed by atoms with Crippen LogP contribution >= 0.6 is 11.8 Å². The number of thioether (sulfide) groups is 1. The highest BCUT2D eigenvalue weighted by Gasteiger charge is 2.15. The topological polar surface area (TPSA) is 54.4 Å². The summed E-state index contributed by atoms with van der Waals surface area (Å²) in [6.07, 6.45) is 0.672. The van der Waals surface area contributed by atoms with Crippen LogP contribution in [0.3, 0.4) is 0 Å². The average molecular weight is 260 g/mol. The Morgan fingerprint density at radius 1 is 1.31 bits per heavy atom. The molecule has 0 bridgehead atoms. The molecule has 0 aliphatic heterocycles. The lowest BCUT2D eigenvalue weighted by atomic mass is 10.4. The fourth-order valence-electron chi connectivity index (χ4n) is 1.23. The predicted molar refractivity (Wildman–Crippen MR) is 66.6 cm³/mol. The van der Waals surface area contributed by atoms with Gasteiger partial charge in [-0.2, -0.15) is 0 Å². The molecular formula is C11H16O3S2. The molecule has 0 aliphatic rings. The second kappa shape index (κ2) is 6.27. The van der Waals surface area contributed by atoms with Crippen LogP contribution in [0, 0.1) is 0 Å². The Kier molecular flexibility index (Phi) is 5.31. The van der Waals surface area contributed by atoms with E-state index in [1.807, 2.05) is 12.1 Å². The maximum Gasteiger partial charge on any atom is 0.179 e. The SMILES string of the molecule is CCS(=O)(=O)c1ccccc1SCCCO. The normalized spacial score (nSPS) is 11.6. The first-order valence-corrected chi connectivity index (χ1v) is 7.81. The largest absolute Gasteiger partial charge is 0.396 e. The Labute approximate surface area is 101 Å². The molecule has 0 unspecified atom stereocenters. The van der Waals surface area contributed by atoms with E-state index in [4.69, 9.17) is 5.11 Å². The van der Waals surface area contributed by atoms with Crippen LogP contribution in [0.15, 0.2) is 34.1 Å². The zero-order chi connectivity index (χ0) is 12.0. The molecule has 0 saturated carbocycles. The van der Waals surface area contributed by atoms with Crippen molar-refractivity contribution in [3.05, 3.63) is 24.3 Å². The molecule has 0 aliphatic carbocycles. The summed E-state index contributed by atoms with van der Waals surface area (Å²) in [5.74, 6) is 0.845. The molecular weight excluding hydrogens is 244 g/mol. The zero-order valence-corrected chi connectivity index (χ0v) is 10.9. The van der Waals surface area contributed by atoms with E-state index in [0.29, 0.717) is 11.3 Å². The Morgan fingerprint density at radius 3 is 2.62 bits per heavy atom. The summed E-state index contributed by atoms with van der Waals surface area (Å²) < 4.78 is 23.6. The van der Waals surface area contributed by atoms with Gasteiger partial charge in [-0.3, -0.25) is 0 Å². The van der Waals surface area contributed by atoms with Crippen LogP contribution in [0.25, 0.3) is 0 Å². The summed E-state index contributed by atoms with van der Waals surface area (Å²) in [4.78, 5) is 1.18. The summed E-state index contributed by atoms with van der Waals surface area (Å²) in [5, 5.41) is 8.69. The van der Waals surface area contributed by atoms with Crippen LogP contribution in [0.5, 0.6) is 0 Å². The van der Waals surface area contributed by atoms with Crippen molar-refractivity contribution in [2.45, 2.75) is 23.1 Å². The smallest absolute Gasteiger partial charge is 0.179 e. The van der Waals surface area contributed by atoms with E-state index < -0.39 is 9.84 Å². The minimum atomic E-state index is -3.15. The van der Waals surface area contributed by atoms with E-state index >= 15 is 0 Å². The molecule has 3 nitrogen and oxygen atoms in total. The van der Waals surface area contributed by atoms with Crippen molar-refractivity contribution in [3.63, 3.8) is 0 Å². The van der Waals surface area contributed by atoms with Crippen molar-refractivity contribution in [1.29, 1.82) is 0 Å². The molecule has 0 amide bonds. The first-order valence-electron chi connectivity index (χ1n) is 5.17. The molecule has 1 aromatic carbocycles. The number of aliphatic hydroxyl groups excluding tert-OH is 1. The van der Waals surface area contributed by atoms with Crippen molar-refractivity contribution in [2.75, 3.05) is 18.1 Å². The molecule has 1 rings (SSSR count). The fraction of sp³-hybridized carbons (Fsp3) is 0.455. The van der Waals surface area contributed by atoms with E-state index in [-0.39, 0.29) is 12.4 Å². The van der Waals surface area contributed by atoms with Gasteiger partial charge in [0.15, 0.2) is 9.84 Å². The quantitative estimate of drug-likeness (QED) is 0.627. The first kappa shape index (κ1) is 13.5. The van der Waals surface area contributed by atoms with Gasteiger partial charge in [0.2, 0.25) is 0 Å². The monoisotopic (exact) mass is 260 g/mol. The minimum Gasteiger partial charge on any atom is -0.396 e. The van der Waals surface area contributed by atoms with Crippen LogP contribution < -0.4 is 0 Å². The second-order valence-corrected chi connectivity index (χ2v) is 6.66. The Balaban J connectivity index is 2.92. The molecule has 16 heavy (non-hydrogen) atoms. The van der Waals surface area contributed by atoms with Gasteiger partial charge in [0.1, 0.15) is 0 Å². The molecule has 5 heteroatoms. The highest BCUT2D eigenvalue weighted by molar-refractivity contribution is 8.00. The molecule has 0 fully saturated rings. The zero-order valence-electron chi connectivity index (χ0n) is 9.22. The molecule has 0 radical (unpaired) electrons. The van der Waals surface area contributed by atoms with Crippen molar-refractivity contribution in [3.8, 4) is 0 Å². The average Bonchev–Trinajstić information content (AvgIpc) is 2.30. The first-order chi connectivity index (χ1) is 7.61. The molecule has 1 aromatic rings. The van der Waals surface area contributed by atoms with Gasteiger partial charge in [-0.05, 0) is 18.6 Å². The molecule has 0 heterocycles. The van der Waals surface area contributed by atoms with Crippen LogP contribution in [0.4, 0.5) is 0 Å². The van der Waals surface area contributed by atoms with E-state index in [1.165, 1.54) is 11.8 Å². The summed E-state index contributed by atoms with van der Waals surface area (Å²) in [6, 6.07) is 7.01. The Bertz CT molecular complexity index is 427. The van der Waals surface area contributed by atoms with Crippen LogP contribution in [-0.4, -0.2) is 31.6 Å². The third-order valence-electron chi connectivity index (χ3n) is 2.12. The molecule has 0 saturated heterocycles. The van der Waals surface area contributed by atoms with Crippen molar-refractivity contribution in [1.82, 2.24) is 0 Å². The fourth-order valence-corrected chi connectivity index (χ4v) is 3.64. The lowest BCUT2D eigenvalue weighted by Gasteiger charge is -2.08. The van der Waals surface area contributed by atoms with E-state index in [1.54, 1.807) is 19.1 Å². The van der Waals surface area contributed by atoms with Gasteiger partial charge < -0.3 is 5.11 Å². The second-order valence-electron chi connectivity index (χ2n) is 3.28. The van der Waals surface area contributed by atoms with Gasteiger partial charge in [0.05, 0.1) is 10.6 Å². The molecule has 90 valence electrons. The Hall–Kier alpha value is -0.520. The molecule has 0 atom stereocenters. The Morgan fingerprint density at radius 2 is 2.00 bits per heavy atom. The summed E-state index contributed by atoms with van der Waals surface area (Å²) in [6.45, 7) is 1.78. The van der Waals surface area contributed by atoms with Gasteiger partial charge in [0, 0.05) is 17.3 Å². The van der Waals surface area contributed by atoms with Gasteiger partial charge in [0.25, 0.3) is 0 Å².